The number of phenolic OH excluding ortho intramolecular Hbond substituents is 3. The molecule has 442 valence electrons. The summed E-state index contributed by atoms with van der Waals surface area (Å²) < 4.78 is 47.4. The van der Waals surface area contributed by atoms with E-state index in [0.29, 0.717) is 121 Å². The van der Waals surface area contributed by atoms with Crippen LogP contribution in [0, 0.1) is 0 Å². The maximum absolute atomic E-state index is 12.4. The summed E-state index contributed by atoms with van der Waals surface area (Å²) in [4.78, 5) is 37.7. The van der Waals surface area contributed by atoms with E-state index < -0.39 is 17.3 Å². The number of aromatic hydroxyl groups is 3. The summed E-state index contributed by atoms with van der Waals surface area (Å²) in [6.07, 6.45) is 0. The highest BCUT2D eigenvalue weighted by Gasteiger charge is 2.27. The molecule has 0 atom stereocenters. The van der Waals surface area contributed by atoms with E-state index in [4.69, 9.17) is 134 Å². The number of fused-ring (bicyclic) bond motifs is 3. The molecule has 0 amide bonds. The molecule has 0 aliphatic rings. The number of phenols is 3. The second-order valence-corrected chi connectivity index (χ2v) is 20.4. The first-order valence-corrected chi connectivity index (χ1v) is 26.9. The third-order valence-electron chi connectivity index (χ3n) is 11.9. The molecule has 3 heterocycles. The second-order valence-electron chi connectivity index (χ2n) is 17.1. The van der Waals surface area contributed by atoms with Crippen LogP contribution in [-0.2, 0) is 0 Å². The summed E-state index contributed by atoms with van der Waals surface area (Å²) in [5, 5.41) is 31.2. The van der Waals surface area contributed by atoms with Crippen LogP contribution in [-0.4, -0.2) is 84.5 Å². The van der Waals surface area contributed by atoms with Gasteiger partial charge in [0.2, 0.25) is 29.2 Å². The minimum absolute atomic E-state index is 0. The van der Waals surface area contributed by atoms with Gasteiger partial charge in [0.05, 0.1) is 105 Å². The predicted molar refractivity (Wildman–Crippen MR) is 342 cm³/mol. The minimum Gasteiger partial charge on any atom is -0.508 e. The molecule has 0 saturated heterocycles. The third-order valence-corrected chi connectivity index (χ3v) is 14.3. The van der Waals surface area contributed by atoms with Gasteiger partial charge in [-0.05, 0) is 78.9 Å². The van der Waals surface area contributed by atoms with E-state index in [2.05, 4.69) is 15.0 Å². The zero-order valence-electron chi connectivity index (χ0n) is 44.7. The predicted octanol–water partition coefficient (Wildman–Crippen LogP) is 18.5. The maximum atomic E-state index is 12.4. The summed E-state index contributed by atoms with van der Waals surface area (Å²) in [6.45, 7) is 0. The number of ether oxygens (including phenoxy) is 6. The van der Waals surface area contributed by atoms with Gasteiger partial charge < -0.3 is 57.0 Å². The number of Topliss-reactive ketones (excluding diaryl/α,β-unsaturated/α-hetero) is 2. The van der Waals surface area contributed by atoms with Crippen LogP contribution >= 0.6 is 117 Å². The Balaban J connectivity index is 0.000000182. The smallest absolute Gasteiger partial charge is 0.238 e. The molecule has 26 heteroatoms. The molecule has 0 aliphatic carbocycles. The molecule has 0 bridgehead atoms. The van der Waals surface area contributed by atoms with Crippen LogP contribution in [0.1, 0.15) is 22.1 Å². The van der Waals surface area contributed by atoms with E-state index in [1.165, 1.54) is 68.8 Å². The molecule has 0 fully saturated rings. The molecule has 0 saturated carbocycles. The van der Waals surface area contributed by atoms with Gasteiger partial charge in [0.25, 0.3) is 0 Å². The van der Waals surface area contributed by atoms with Crippen molar-refractivity contribution in [1.82, 2.24) is 15.0 Å². The van der Waals surface area contributed by atoms with E-state index in [-0.39, 0.29) is 69.7 Å². The van der Waals surface area contributed by atoms with Gasteiger partial charge in [-0.2, -0.15) is 0 Å². The molecule has 3 aromatic heterocycles. The van der Waals surface area contributed by atoms with E-state index in [0.717, 1.165) is 0 Å². The van der Waals surface area contributed by atoms with Crippen LogP contribution in [0.4, 0.5) is 0 Å². The normalized spacial score (nSPS) is 10.6. The minimum atomic E-state index is -0.970. The number of nitrogens with zero attached hydrogens (tertiary/aromatic N) is 3. The quantitative estimate of drug-likeness (QED) is 0.0587. The zero-order chi connectivity index (χ0) is 60.7. The summed E-state index contributed by atoms with van der Waals surface area (Å²) in [6, 6.07) is 31.5. The van der Waals surface area contributed by atoms with Crippen molar-refractivity contribution in [2.24, 2.45) is 0 Å². The average molecular weight is 1430 g/mol. The van der Waals surface area contributed by atoms with Crippen LogP contribution in [0.5, 0.6) is 51.7 Å². The van der Waals surface area contributed by atoms with E-state index in [1.807, 2.05) is 0 Å². The fourth-order valence-electron chi connectivity index (χ4n) is 7.71. The Morgan fingerprint density at radius 3 is 1.12 bits per heavy atom. The Hall–Kier alpha value is -7.24. The lowest BCUT2D eigenvalue weighted by Crippen LogP contribution is -2.16. The topological polar surface area (TPSA) is 228 Å². The Morgan fingerprint density at radius 2 is 0.718 bits per heavy atom. The van der Waals surface area contributed by atoms with Crippen molar-refractivity contribution >= 4 is 162 Å². The molecule has 17 nitrogen and oxygen atoms in total. The van der Waals surface area contributed by atoms with Crippen molar-refractivity contribution in [3.63, 3.8) is 0 Å². The number of aromatic nitrogens is 3. The first-order chi connectivity index (χ1) is 40.2. The van der Waals surface area contributed by atoms with E-state index in [9.17, 15) is 24.9 Å². The zero-order valence-corrected chi connectivity index (χ0v) is 53.0. The van der Waals surface area contributed by atoms with Crippen LogP contribution in [0.2, 0.25) is 40.2 Å². The number of methoxy groups -OCH3 is 6. The molecule has 85 heavy (non-hydrogen) atoms. The van der Waals surface area contributed by atoms with E-state index in [1.54, 1.807) is 95.2 Å². The highest BCUT2D eigenvalue weighted by molar-refractivity contribution is 14.0. The highest BCUT2D eigenvalue weighted by atomic mass is 127. The standard InChI is InChI=1S/C16H12Cl2O5.2C15H11Cl2NO3.C13H7Cl2NO3.HI.H2/c1-22-8-3-4-10(11(17)5-8)15(20)16(21)14-12(18)6-9(23-2)7-13(14)19;2*1-19-8-3-4-10(11(16)5-8)15-18-14-12(17)6-9(20-2)7-13(14)21-15;14-9-3-6(17)1-2-8(9)13-16-12-10(15)4-7(18)5-11(12)19-13;;/h3-7,19H,1-2H3;2*3-7H,1-2H3;1-5,17-18H;2*1H. The number of hydrogen-bond donors (Lipinski definition) is 3. The lowest BCUT2D eigenvalue weighted by Gasteiger charge is -2.09. The molecule has 11 aromatic rings. The summed E-state index contributed by atoms with van der Waals surface area (Å²) in [5.41, 5.74) is 4.59. The first kappa shape index (κ1) is 65.3. The van der Waals surface area contributed by atoms with Crippen LogP contribution in [0.25, 0.3) is 67.7 Å². The van der Waals surface area contributed by atoms with Crippen molar-refractivity contribution in [2.45, 2.75) is 0 Å². The summed E-state index contributed by atoms with van der Waals surface area (Å²) in [5.74, 6) is 2.07. The van der Waals surface area contributed by atoms with Gasteiger partial charge >= 0.3 is 0 Å². The Kier molecular flexibility index (Phi) is 22.1. The molecular weight excluding hydrogens is 1390 g/mol. The van der Waals surface area contributed by atoms with Crippen LogP contribution in [0.15, 0.2) is 135 Å². The Morgan fingerprint density at radius 1 is 0.376 bits per heavy atom. The largest absolute Gasteiger partial charge is 0.508 e. The monoisotopic (exact) mass is 1420 g/mol. The Bertz CT molecular complexity index is 4140. The van der Waals surface area contributed by atoms with Crippen LogP contribution < -0.4 is 28.4 Å². The summed E-state index contributed by atoms with van der Waals surface area (Å²) in [7, 11) is 9.13. The van der Waals surface area contributed by atoms with Crippen molar-refractivity contribution in [3.05, 3.63) is 173 Å². The third kappa shape index (κ3) is 15.1. The number of hydrogen-bond acceptors (Lipinski definition) is 17. The number of carbonyl (C=O) groups is 2. The fraction of sp³-hybridized carbons (Fsp3) is 0.102. The number of oxazole rings is 3. The van der Waals surface area contributed by atoms with Crippen molar-refractivity contribution in [1.29, 1.82) is 0 Å². The SMILES string of the molecule is COc1ccc(-c2nc3c(Cl)cc(OC)cc3o2)c(Cl)c1.COc1ccc(-c2nc3c(Cl)cc(OC)cc3o2)c(Cl)c1.COc1ccc(C(=O)C(=O)c2c(O)cc(OC)cc2Cl)c(Cl)c1.I.Oc1ccc(-c2nc3c(Cl)cc(O)cc3o2)c(Cl)c1.[HH]. The van der Waals surface area contributed by atoms with Gasteiger partial charge in [-0.3, -0.25) is 9.59 Å². The van der Waals surface area contributed by atoms with Gasteiger partial charge in [-0.25, -0.2) is 15.0 Å². The van der Waals surface area contributed by atoms with Crippen molar-refractivity contribution in [2.75, 3.05) is 42.7 Å². The van der Waals surface area contributed by atoms with Gasteiger partial charge in [-0.1, -0.05) is 92.8 Å². The van der Waals surface area contributed by atoms with Crippen LogP contribution in [0.3, 0.4) is 0 Å². The molecule has 0 aliphatic heterocycles. The molecule has 0 spiro atoms. The highest BCUT2D eigenvalue weighted by Crippen LogP contribution is 2.40. The second kappa shape index (κ2) is 28.8. The van der Waals surface area contributed by atoms with Gasteiger partial charge in [-0.15, -0.1) is 24.0 Å². The van der Waals surface area contributed by atoms with Gasteiger partial charge in [0.15, 0.2) is 16.7 Å². The Labute approximate surface area is 541 Å². The van der Waals surface area contributed by atoms with Crippen molar-refractivity contribution in [3.8, 4) is 86.1 Å². The molecule has 0 unspecified atom stereocenters. The maximum Gasteiger partial charge on any atom is 0.238 e. The van der Waals surface area contributed by atoms with Crippen molar-refractivity contribution < 1.29 is 68.0 Å². The number of benzene rings is 8. The van der Waals surface area contributed by atoms with Gasteiger partial charge in [0.1, 0.15) is 68.3 Å². The van der Waals surface area contributed by atoms with Gasteiger partial charge in [0, 0.05) is 49.5 Å². The van der Waals surface area contributed by atoms with E-state index >= 15 is 0 Å². The number of rotatable bonds is 12. The number of ketones is 2. The number of halogens is 9. The lowest BCUT2D eigenvalue weighted by atomic mass is 10.0. The molecule has 3 N–H and O–H groups in total. The fourth-order valence-corrected chi connectivity index (χ4v) is 9.75. The molecular formula is C59H44Cl8IN3O14. The number of carbonyl (C=O) groups excluding carboxylic acids is 2. The first-order valence-electron chi connectivity index (χ1n) is 23.9. The lowest BCUT2D eigenvalue weighted by molar-refractivity contribution is 0.0815. The summed E-state index contributed by atoms with van der Waals surface area (Å²) >= 11 is 48.8. The molecule has 8 aromatic carbocycles. The molecule has 11 rings (SSSR count). The average Bonchev–Trinajstić information content (AvgIpc) is 2.22. The molecule has 0 radical (unpaired) electrons.